The predicted molar refractivity (Wildman–Crippen MR) is 131 cm³/mol. The molecule has 8 heteroatoms. The SMILES string of the molecule is Cc1c(CNC(=O)C2CCc3ncc(NCCCc4ccccc4)c(=O)n32)cn2ccncc12. The smallest absolute Gasteiger partial charge is 0.277 e. The minimum Gasteiger partial charge on any atom is -0.379 e. The van der Waals surface area contributed by atoms with Gasteiger partial charge >= 0.3 is 0 Å². The molecule has 0 saturated carbocycles. The molecule has 0 saturated heterocycles. The lowest BCUT2D eigenvalue weighted by Crippen LogP contribution is -2.36. The van der Waals surface area contributed by atoms with E-state index >= 15 is 0 Å². The van der Waals surface area contributed by atoms with Crippen molar-refractivity contribution in [2.45, 2.75) is 45.2 Å². The number of rotatable bonds is 8. The van der Waals surface area contributed by atoms with E-state index in [2.05, 4.69) is 32.7 Å². The summed E-state index contributed by atoms with van der Waals surface area (Å²) in [6.45, 7) is 3.09. The van der Waals surface area contributed by atoms with Gasteiger partial charge in [-0.25, -0.2) is 4.98 Å². The molecule has 0 fully saturated rings. The highest BCUT2D eigenvalue weighted by molar-refractivity contribution is 5.81. The molecule has 1 unspecified atom stereocenters. The first kappa shape index (κ1) is 21.9. The summed E-state index contributed by atoms with van der Waals surface area (Å²) in [6.07, 6.45) is 12.1. The van der Waals surface area contributed by atoms with E-state index in [1.807, 2.05) is 48.1 Å². The van der Waals surface area contributed by atoms with E-state index in [1.54, 1.807) is 17.0 Å². The lowest BCUT2D eigenvalue weighted by molar-refractivity contribution is -0.124. The molecule has 5 rings (SSSR count). The molecular formula is C26H28N6O2. The molecule has 8 nitrogen and oxygen atoms in total. The monoisotopic (exact) mass is 456 g/mol. The van der Waals surface area contributed by atoms with E-state index in [0.29, 0.717) is 37.4 Å². The summed E-state index contributed by atoms with van der Waals surface area (Å²) >= 11 is 0. The normalized spacial score (nSPS) is 14.8. The second-order valence-electron chi connectivity index (χ2n) is 8.70. The Labute approximate surface area is 197 Å². The number of carbonyl (C=O) groups is 1. The Kier molecular flexibility index (Phi) is 6.12. The van der Waals surface area contributed by atoms with Crippen molar-refractivity contribution >= 4 is 17.1 Å². The third kappa shape index (κ3) is 4.31. The molecule has 3 aromatic heterocycles. The second-order valence-corrected chi connectivity index (χ2v) is 8.70. The molecule has 0 spiro atoms. The molecule has 1 aliphatic heterocycles. The number of hydrogen-bond donors (Lipinski definition) is 2. The highest BCUT2D eigenvalue weighted by Gasteiger charge is 2.31. The maximum atomic E-state index is 13.2. The first-order chi connectivity index (χ1) is 16.6. The van der Waals surface area contributed by atoms with E-state index in [9.17, 15) is 9.59 Å². The first-order valence-electron chi connectivity index (χ1n) is 11.7. The number of nitrogens with one attached hydrogen (secondary N) is 2. The number of anilines is 1. The van der Waals surface area contributed by atoms with Crippen LogP contribution in [-0.4, -0.2) is 31.4 Å². The number of fused-ring (bicyclic) bond motifs is 2. The molecule has 34 heavy (non-hydrogen) atoms. The third-order valence-electron chi connectivity index (χ3n) is 6.53. The van der Waals surface area contributed by atoms with Crippen LogP contribution in [0.5, 0.6) is 0 Å². The minimum absolute atomic E-state index is 0.156. The summed E-state index contributed by atoms with van der Waals surface area (Å²) in [4.78, 5) is 34.8. The summed E-state index contributed by atoms with van der Waals surface area (Å²) < 4.78 is 3.56. The van der Waals surface area contributed by atoms with Gasteiger partial charge in [-0.3, -0.25) is 19.1 Å². The van der Waals surface area contributed by atoms with Crippen molar-refractivity contribution in [3.63, 3.8) is 0 Å². The Morgan fingerprint density at radius 1 is 1.21 bits per heavy atom. The molecule has 2 N–H and O–H groups in total. The third-order valence-corrected chi connectivity index (χ3v) is 6.53. The highest BCUT2D eigenvalue weighted by Crippen LogP contribution is 2.24. The number of aryl methyl sites for hydroxylation is 3. The zero-order valence-corrected chi connectivity index (χ0v) is 19.2. The van der Waals surface area contributed by atoms with Crippen LogP contribution >= 0.6 is 0 Å². The molecule has 1 aliphatic rings. The quantitative estimate of drug-likeness (QED) is 0.398. The number of amides is 1. The Bertz CT molecular complexity index is 1380. The van der Waals surface area contributed by atoms with Crippen LogP contribution in [0.15, 0.2) is 66.1 Å². The van der Waals surface area contributed by atoms with Gasteiger partial charge in [-0.2, -0.15) is 0 Å². The second kappa shape index (κ2) is 9.51. The van der Waals surface area contributed by atoms with Crippen LogP contribution in [0, 0.1) is 6.92 Å². The first-order valence-corrected chi connectivity index (χ1v) is 11.7. The maximum absolute atomic E-state index is 13.2. The molecule has 1 aromatic carbocycles. The van der Waals surface area contributed by atoms with Gasteiger partial charge in [0.05, 0.1) is 17.9 Å². The van der Waals surface area contributed by atoms with Crippen molar-refractivity contribution in [3.05, 3.63) is 94.2 Å². The van der Waals surface area contributed by atoms with Crippen molar-refractivity contribution in [1.29, 1.82) is 0 Å². The van der Waals surface area contributed by atoms with Gasteiger partial charge in [-0.05, 0) is 42.9 Å². The Morgan fingerprint density at radius 3 is 2.88 bits per heavy atom. The summed E-state index contributed by atoms with van der Waals surface area (Å²) in [5, 5.41) is 6.24. The minimum atomic E-state index is -0.542. The molecule has 4 aromatic rings. The zero-order chi connectivity index (χ0) is 23.5. The number of benzene rings is 1. The van der Waals surface area contributed by atoms with E-state index < -0.39 is 6.04 Å². The van der Waals surface area contributed by atoms with E-state index in [0.717, 1.165) is 29.5 Å². The van der Waals surface area contributed by atoms with Crippen LogP contribution in [0.3, 0.4) is 0 Å². The van der Waals surface area contributed by atoms with Gasteiger partial charge in [0.1, 0.15) is 17.6 Å². The fourth-order valence-corrected chi connectivity index (χ4v) is 4.62. The van der Waals surface area contributed by atoms with Gasteiger partial charge in [0, 0.05) is 38.1 Å². The van der Waals surface area contributed by atoms with Crippen LogP contribution in [0.4, 0.5) is 5.69 Å². The van der Waals surface area contributed by atoms with Crippen molar-refractivity contribution in [1.82, 2.24) is 24.3 Å². The Balaban J connectivity index is 1.24. The fourth-order valence-electron chi connectivity index (χ4n) is 4.62. The maximum Gasteiger partial charge on any atom is 0.277 e. The van der Waals surface area contributed by atoms with Crippen molar-refractivity contribution in [3.8, 4) is 0 Å². The summed E-state index contributed by atoms with van der Waals surface area (Å²) in [6, 6.07) is 9.73. The van der Waals surface area contributed by atoms with Crippen molar-refractivity contribution in [2.75, 3.05) is 11.9 Å². The van der Waals surface area contributed by atoms with Gasteiger partial charge in [0.25, 0.3) is 5.56 Å². The molecule has 0 aliphatic carbocycles. The lowest BCUT2D eigenvalue weighted by atomic mass is 10.1. The van der Waals surface area contributed by atoms with Gasteiger partial charge in [0.15, 0.2) is 0 Å². The number of aromatic nitrogens is 4. The molecule has 0 bridgehead atoms. The van der Waals surface area contributed by atoms with Gasteiger partial charge in [-0.1, -0.05) is 30.3 Å². The van der Waals surface area contributed by atoms with Crippen molar-refractivity contribution < 1.29 is 4.79 Å². The zero-order valence-electron chi connectivity index (χ0n) is 19.2. The molecular weight excluding hydrogens is 428 g/mol. The van der Waals surface area contributed by atoms with E-state index in [4.69, 9.17) is 0 Å². The molecule has 4 heterocycles. The largest absolute Gasteiger partial charge is 0.379 e. The number of carbonyl (C=O) groups excluding carboxylic acids is 1. The van der Waals surface area contributed by atoms with Crippen LogP contribution in [0.2, 0.25) is 0 Å². The average molecular weight is 457 g/mol. The van der Waals surface area contributed by atoms with Gasteiger partial charge in [0.2, 0.25) is 5.91 Å². The Hall–Kier alpha value is -3.94. The average Bonchev–Trinajstić information content (AvgIpc) is 3.44. The summed E-state index contributed by atoms with van der Waals surface area (Å²) in [5.41, 5.74) is 4.66. The predicted octanol–water partition coefficient (Wildman–Crippen LogP) is 3.05. The van der Waals surface area contributed by atoms with Gasteiger partial charge < -0.3 is 15.0 Å². The molecule has 0 radical (unpaired) electrons. The van der Waals surface area contributed by atoms with E-state index in [1.165, 1.54) is 5.56 Å². The summed E-state index contributed by atoms with van der Waals surface area (Å²) in [5.74, 6) is 0.508. The Morgan fingerprint density at radius 2 is 2.06 bits per heavy atom. The molecule has 1 atom stereocenters. The van der Waals surface area contributed by atoms with E-state index in [-0.39, 0.29) is 11.5 Å². The van der Waals surface area contributed by atoms with Crippen LogP contribution in [-0.2, 0) is 24.2 Å². The van der Waals surface area contributed by atoms with Crippen LogP contribution < -0.4 is 16.2 Å². The van der Waals surface area contributed by atoms with Crippen LogP contribution in [0.1, 0.15) is 41.4 Å². The number of nitrogens with zero attached hydrogens (tertiary/aromatic N) is 4. The summed E-state index contributed by atoms with van der Waals surface area (Å²) in [7, 11) is 0. The molecule has 1 amide bonds. The lowest BCUT2D eigenvalue weighted by Gasteiger charge is -2.16. The number of hydrogen-bond acceptors (Lipinski definition) is 5. The van der Waals surface area contributed by atoms with Gasteiger partial charge in [-0.15, -0.1) is 0 Å². The highest BCUT2D eigenvalue weighted by atomic mass is 16.2. The molecule has 174 valence electrons. The topological polar surface area (TPSA) is 93.3 Å². The standard InChI is InChI=1S/C26H28N6O2/c1-18-20(17-31-13-12-27-16-23(18)31)14-30-25(33)22-9-10-24-29-15-21(26(34)32(22)24)28-11-5-8-19-6-3-2-4-7-19/h2-4,6-7,12-13,15-17,22,28H,5,8-11,14H2,1H3,(H,30,33). The fraction of sp³-hybridized carbons (Fsp3) is 0.308. The van der Waals surface area contributed by atoms with Crippen molar-refractivity contribution in [2.24, 2.45) is 0 Å². The van der Waals surface area contributed by atoms with Crippen LogP contribution in [0.25, 0.3) is 5.52 Å².